The standard InChI is InChI=1S/C10H14OSi/c1-3-10(2,12-11)9-7-5-4-6-8-9/h3-8,11H,1,12H2,2H3. The Hall–Kier alpha value is -0.863. The molecule has 2 heteroatoms. The number of hydrogen-bond donors (Lipinski definition) is 1. The van der Waals surface area contributed by atoms with E-state index < -0.39 is 9.76 Å². The molecule has 1 nitrogen and oxygen atoms in total. The van der Waals surface area contributed by atoms with Gasteiger partial charge in [0.05, 0.1) is 0 Å². The van der Waals surface area contributed by atoms with Gasteiger partial charge in [-0.05, 0) is 5.56 Å². The fourth-order valence-corrected chi connectivity index (χ4v) is 1.64. The van der Waals surface area contributed by atoms with Crippen molar-refractivity contribution in [3.8, 4) is 0 Å². The predicted octanol–water partition coefficient (Wildman–Crippen LogP) is 1.16. The van der Waals surface area contributed by atoms with Crippen molar-refractivity contribution in [3.63, 3.8) is 0 Å². The Morgan fingerprint density at radius 1 is 1.42 bits per heavy atom. The van der Waals surface area contributed by atoms with Gasteiger partial charge in [0.25, 0.3) is 0 Å². The maximum Gasteiger partial charge on any atom is 0.170 e. The summed E-state index contributed by atoms with van der Waals surface area (Å²) in [4.78, 5) is 9.31. The van der Waals surface area contributed by atoms with Gasteiger partial charge in [0, 0.05) is 5.04 Å². The SMILES string of the molecule is C=CC(C)([SiH2]O)c1ccccc1. The third-order valence-corrected chi connectivity index (χ3v) is 3.57. The zero-order valence-electron chi connectivity index (χ0n) is 7.33. The average molecular weight is 178 g/mol. The van der Waals surface area contributed by atoms with Crippen molar-refractivity contribution in [1.82, 2.24) is 0 Å². The van der Waals surface area contributed by atoms with Crippen LogP contribution in [0.1, 0.15) is 12.5 Å². The van der Waals surface area contributed by atoms with Gasteiger partial charge in [-0.2, -0.15) is 0 Å². The van der Waals surface area contributed by atoms with E-state index in [4.69, 9.17) is 0 Å². The van der Waals surface area contributed by atoms with Gasteiger partial charge in [0.2, 0.25) is 0 Å². The van der Waals surface area contributed by atoms with Crippen molar-refractivity contribution in [2.24, 2.45) is 0 Å². The van der Waals surface area contributed by atoms with E-state index in [1.165, 1.54) is 0 Å². The monoisotopic (exact) mass is 178 g/mol. The molecule has 0 saturated carbocycles. The molecule has 0 aliphatic heterocycles. The van der Waals surface area contributed by atoms with Gasteiger partial charge in [-0.3, -0.25) is 0 Å². The summed E-state index contributed by atoms with van der Waals surface area (Å²) >= 11 is 0. The van der Waals surface area contributed by atoms with E-state index in [1.54, 1.807) is 0 Å². The topological polar surface area (TPSA) is 20.2 Å². The van der Waals surface area contributed by atoms with E-state index in [0.29, 0.717) is 0 Å². The highest BCUT2D eigenvalue weighted by atomic mass is 28.2. The molecule has 0 fully saturated rings. The molecule has 1 N–H and O–H groups in total. The van der Waals surface area contributed by atoms with Gasteiger partial charge >= 0.3 is 0 Å². The first kappa shape index (κ1) is 9.23. The van der Waals surface area contributed by atoms with Gasteiger partial charge in [0.1, 0.15) is 0 Å². The molecule has 1 aromatic rings. The highest BCUT2D eigenvalue weighted by Gasteiger charge is 2.21. The van der Waals surface area contributed by atoms with Gasteiger partial charge in [-0.1, -0.05) is 43.3 Å². The minimum Gasteiger partial charge on any atom is -0.437 e. The van der Waals surface area contributed by atoms with Crippen LogP contribution in [-0.2, 0) is 5.04 Å². The predicted molar refractivity (Wildman–Crippen MR) is 54.8 cm³/mol. The normalized spacial score (nSPS) is 16.2. The smallest absolute Gasteiger partial charge is 0.170 e. The minimum absolute atomic E-state index is 0.165. The Bertz CT molecular complexity index is 258. The Balaban J connectivity index is 3.03. The molecule has 0 saturated heterocycles. The molecule has 0 heterocycles. The highest BCUT2D eigenvalue weighted by Crippen LogP contribution is 2.22. The van der Waals surface area contributed by atoms with Gasteiger partial charge in [-0.25, -0.2) is 0 Å². The lowest BCUT2D eigenvalue weighted by molar-refractivity contribution is 0.562. The molecule has 64 valence electrons. The Kier molecular flexibility index (Phi) is 2.84. The second-order valence-electron chi connectivity index (χ2n) is 3.15. The number of rotatable bonds is 3. The zero-order chi connectivity index (χ0) is 9.03. The largest absolute Gasteiger partial charge is 0.437 e. The Labute approximate surface area is 75.7 Å². The molecule has 0 spiro atoms. The summed E-state index contributed by atoms with van der Waals surface area (Å²) in [5.41, 5.74) is 1.16. The summed E-state index contributed by atoms with van der Waals surface area (Å²) in [7, 11) is -1.08. The first-order chi connectivity index (χ1) is 5.73. The van der Waals surface area contributed by atoms with Crippen molar-refractivity contribution >= 4 is 9.76 Å². The third kappa shape index (κ3) is 1.65. The summed E-state index contributed by atoms with van der Waals surface area (Å²) in [5, 5.41) is -0.165. The molecule has 0 bridgehead atoms. The van der Waals surface area contributed by atoms with Gasteiger partial charge in [0.15, 0.2) is 9.76 Å². The average Bonchev–Trinajstić information content (AvgIpc) is 2.18. The number of allylic oxidation sites excluding steroid dienone is 1. The van der Waals surface area contributed by atoms with Crippen LogP contribution in [0, 0.1) is 0 Å². The first-order valence-electron chi connectivity index (χ1n) is 4.03. The fourth-order valence-electron chi connectivity index (χ4n) is 1.09. The van der Waals surface area contributed by atoms with Crippen LogP contribution in [0.15, 0.2) is 43.0 Å². The highest BCUT2D eigenvalue weighted by molar-refractivity contribution is 6.31. The van der Waals surface area contributed by atoms with Crippen LogP contribution in [0.5, 0.6) is 0 Å². The fraction of sp³-hybridized carbons (Fsp3) is 0.200. The van der Waals surface area contributed by atoms with Crippen LogP contribution in [-0.4, -0.2) is 14.6 Å². The molecule has 0 aliphatic rings. The van der Waals surface area contributed by atoms with Gasteiger partial charge < -0.3 is 4.80 Å². The summed E-state index contributed by atoms with van der Waals surface area (Å²) in [6.07, 6.45) is 1.84. The van der Waals surface area contributed by atoms with E-state index in [1.807, 2.05) is 43.3 Å². The lowest BCUT2D eigenvalue weighted by Gasteiger charge is -2.22. The molecule has 0 aromatic heterocycles. The summed E-state index contributed by atoms with van der Waals surface area (Å²) in [6, 6.07) is 10.0. The molecule has 0 aliphatic carbocycles. The van der Waals surface area contributed by atoms with E-state index in [9.17, 15) is 4.80 Å². The lowest BCUT2D eigenvalue weighted by atomic mass is 10.0. The van der Waals surface area contributed by atoms with Gasteiger partial charge in [-0.15, -0.1) is 6.58 Å². The van der Waals surface area contributed by atoms with Crippen LogP contribution in [0.3, 0.4) is 0 Å². The maximum absolute atomic E-state index is 9.31. The van der Waals surface area contributed by atoms with E-state index in [-0.39, 0.29) is 5.04 Å². The van der Waals surface area contributed by atoms with Crippen molar-refractivity contribution in [2.75, 3.05) is 0 Å². The Morgan fingerprint density at radius 3 is 2.42 bits per heavy atom. The summed E-state index contributed by atoms with van der Waals surface area (Å²) in [6.45, 7) is 5.78. The third-order valence-electron chi connectivity index (χ3n) is 2.21. The second kappa shape index (κ2) is 3.69. The van der Waals surface area contributed by atoms with E-state index in [0.717, 1.165) is 5.56 Å². The summed E-state index contributed by atoms with van der Waals surface area (Å²) in [5.74, 6) is 0. The van der Waals surface area contributed by atoms with Crippen LogP contribution in [0.2, 0.25) is 0 Å². The molecule has 1 rings (SSSR count). The maximum atomic E-state index is 9.31. The van der Waals surface area contributed by atoms with Crippen LogP contribution >= 0.6 is 0 Å². The van der Waals surface area contributed by atoms with Crippen molar-refractivity contribution < 1.29 is 4.80 Å². The second-order valence-corrected chi connectivity index (χ2v) is 4.93. The van der Waals surface area contributed by atoms with Crippen molar-refractivity contribution in [1.29, 1.82) is 0 Å². The van der Waals surface area contributed by atoms with Crippen LogP contribution in [0.4, 0.5) is 0 Å². The molecule has 1 aromatic carbocycles. The molecule has 0 radical (unpaired) electrons. The molecular weight excluding hydrogens is 164 g/mol. The zero-order valence-corrected chi connectivity index (χ0v) is 8.74. The van der Waals surface area contributed by atoms with Crippen molar-refractivity contribution in [3.05, 3.63) is 48.6 Å². The lowest BCUT2D eigenvalue weighted by Crippen LogP contribution is -2.26. The molecular formula is C10H14OSi. The first-order valence-corrected chi connectivity index (χ1v) is 5.37. The van der Waals surface area contributed by atoms with E-state index >= 15 is 0 Å². The molecule has 12 heavy (non-hydrogen) atoms. The molecule has 1 unspecified atom stereocenters. The minimum atomic E-state index is -1.08. The quantitative estimate of drug-likeness (QED) is 0.544. The van der Waals surface area contributed by atoms with Crippen molar-refractivity contribution in [2.45, 2.75) is 12.0 Å². The number of benzene rings is 1. The number of hydrogen-bond acceptors (Lipinski definition) is 1. The molecule has 0 amide bonds. The van der Waals surface area contributed by atoms with Crippen LogP contribution < -0.4 is 0 Å². The Morgan fingerprint density at radius 2 is 2.00 bits per heavy atom. The molecule has 1 atom stereocenters. The van der Waals surface area contributed by atoms with E-state index in [2.05, 4.69) is 6.58 Å². The van der Waals surface area contributed by atoms with Crippen LogP contribution in [0.25, 0.3) is 0 Å². The summed E-state index contributed by atoms with van der Waals surface area (Å²) < 4.78 is 0.